The van der Waals surface area contributed by atoms with Crippen molar-refractivity contribution in [1.29, 1.82) is 0 Å². The van der Waals surface area contributed by atoms with Crippen LogP contribution in [-0.4, -0.2) is 9.78 Å². The number of benzene rings is 2. The molecule has 3 aromatic rings. The largest absolute Gasteiger partial charge is 0.399 e. The fourth-order valence-electron chi connectivity index (χ4n) is 2.28. The van der Waals surface area contributed by atoms with E-state index in [9.17, 15) is 18.0 Å². The van der Waals surface area contributed by atoms with E-state index in [-0.39, 0.29) is 23.4 Å². The lowest BCUT2D eigenvalue weighted by molar-refractivity contribution is 0.447. The van der Waals surface area contributed by atoms with Gasteiger partial charge in [-0.2, -0.15) is 5.10 Å². The summed E-state index contributed by atoms with van der Waals surface area (Å²) in [5.41, 5.74) is 6.78. The molecule has 24 heavy (non-hydrogen) atoms. The van der Waals surface area contributed by atoms with Crippen molar-refractivity contribution in [3.8, 4) is 11.3 Å². The molecule has 4 nitrogen and oxygen atoms in total. The molecule has 0 aliphatic heterocycles. The molecule has 7 heteroatoms. The van der Waals surface area contributed by atoms with Gasteiger partial charge < -0.3 is 5.73 Å². The molecule has 122 valence electrons. The fourth-order valence-corrected chi connectivity index (χ4v) is 2.28. The molecule has 0 amide bonds. The molecule has 0 aliphatic rings. The highest BCUT2D eigenvalue weighted by atomic mass is 19.2. The summed E-state index contributed by atoms with van der Waals surface area (Å²) in [6, 6.07) is 11.1. The van der Waals surface area contributed by atoms with Crippen LogP contribution in [0.4, 0.5) is 18.9 Å². The van der Waals surface area contributed by atoms with Crippen molar-refractivity contribution in [1.82, 2.24) is 9.78 Å². The van der Waals surface area contributed by atoms with Crippen molar-refractivity contribution in [2.24, 2.45) is 0 Å². The first-order valence-corrected chi connectivity index (χ1v) is 7.01. The minimum Gasteiger partial charge on any atom is -0.399 e. The second-order valence-corrected chi connectivity index (χ2v) is 5.21. The summed E-state index contributed by atoms with van der Waals surface area (Å²) in [5.74, 6) is -4.19. The number of hydrogen-bond donors (Lipinski definition) is 1. The number of nitrogens with two attached hydrogens (primary N) is 1. The van der Waals surface area contributed by atoms with E-state index >= 15 is 0 Å². The lowest BCUT2D eigenvalue weighted by Gasteiger charge is -2.08. The molecular weight excluding hydrogens is 319 g/mol. The summed E-state index contributed by atoms with van der Waals surface area (Å²) in [5, 5.41) is 4.09. The first kappa shape index (κ1) is 15.8. The lowest BCUT2D eigenvalue weighted by Crippen LogP contribution is -2.22. The van der Waals surface area contributed by atoms with Crippen LogP contribution in [0.3, 0.4) is 0 Å². The SMILES string of the molecule is Nc1cccc(Cn2nc(-c3cc(F)c(F)c(F)c3)ccc2=O)c1. The minimum atomic E-state index is -1.55. The highest BCUT2D eigenvalue weighted by molar-refractivity contribution is 5.58. The Balaban J connectivity index is 2.02. The average Bonchev–Trinajstić information content (AvgIpc) is 2.54. The van der Waals surface area contributed by atoms with E-state index in [1.807, 2.05) is 0 Å². The maximum atomic E-state index is 13.4. The van der Waals surface area contributed by atoms with Crippen molar-refractivity contribution in [2.75, 3.05) is 5.73 Å². The smallest absolute Gasteiger partial charge is 0.267 e. The number of nitrogen functional groups attached to an aromatic ring is 1. The normalized spacial score (nSPS) is 10.8. The van der Waals surface area contributed by atoms with Gasteiger partial charge >= 0.3 is 0 Å². The van der Waals surface area contributed by atoms with Crippen LogP contribution < -0.4 is 11.3 Å². The lowest BCUT2D eigenvalue weighted by atomic mass is 10.1. The third kappa shape index (κ3) is 3.15. The van der Waals surface area contributed by atoms with E-state index in [0.717, 1.165) is 22.4 Å². The summed E-state index contributed by atoms with van der Waals surface area (Å²) < 4.78 is 40.9. The third-order valence-corrected chi connectivity index (χ3v) is 3.43. The Morgan fingerprint density at radius 2 is 1.71 bits per heavy atom. The summed E-state index contributed by atoms with van der Waals surface area (Å²) in [6.07, 6.45) is 0. The Labute approximate surface area is 135 Å². The Bertz CT molecular complexity index is 946. The van der Waals surface area contributed by atoms with Gasteiger partial charge in [0.25, 0.3) is 5.56 Å². The van der Waals surface area contributed by atoms with Gasteiger partial charge in [0, 0.05) is 17.3 Å². The Kier molecular flexibility index (Phi) is 4.07. The van der Waals surface area contributed by atoms with Crippen molar-refractivity contribution < 1.29 is 13.2 Å². The number of nitrogens with zero attached hydrogens (tertiary/aromatic N) is 2. The molecule has 0 atom stereocenters. The average molecular weight is 331 g/mol. The molecule has 0 spiro atoms. The second-order valence-electron chi connectivity index (χ2n) is 5.21. The van der Waals surface area contributed by atoms with Gasteiger partial charge in [-0.25, -0.2) is 17.9 Å². The van der Waals surface area contributed by atoms with E-state index in [4.69, 9.17) is 5.73 Å². The van der Waals surface area contributed by atoms with Crippen molar-refractivity contribution in [2.45, 2.75) is 6.54 Å². The molecule has 0 aliphatic carbocycles. The second kappa shape index (κ2) is 6.19. The first-order chi connectivity index (χ1) is 11.4. The van der Waals surface area contributed by atoms with Crippen LogP contribution in [0.1, 0.15) is 5.56 Å². The van der Waals surface area contributed by atoms with Crippen LogP contribution >= 0.6 is 0 Å². The van der Waals surface area contributed by atoms with E-state index in [1.54, 1.807) is 24.3 Å². The summed E-state index contributed by atoms with van der Waals surface area (Å²) >= 11 is 0. The first-order valence-electron chi connectivity index (χ1n) is 7.01. The van der Waals surface area contributed by atoms with Gasteiger partial charge in [-0.1, -0.05) is 12.1 Å². The standard InChI is InChI=1S/C17H12F3N3O/c18-13-7-11(8-14(19)17(13)20)15-4-5-16(24)23(22-15)9-10-2-1-3-12(21)6-10/h1-8H,9,21H2. The van der Waals surface area contributed by atoms with E-state index in [1.165, 1.54) is 12.1 Å². The Hall–Kier alpha value is -3.09. The van der Waals surface area contributed by atoms with Gasteiger partial charge in [0.15, 0.2) is 17.5 Å². The summed E-state index contributed by atoms with van der Waals surface area (Å²) in [7, 11) is 0. The number of aromatic nitrogens is 2. The van der Waals surface area contributed by atoms with Gasteiger partial charge in [0.05, 0.1) is 12.2 Å². The monoisotopic (exact) mass is 331 g/mol. The quantitative estimate of drug-likeness (QED) is 0.593. The number of halogens is 3. The zero-order chi connectivity index (χ0) is 17.3. The van der Waals surface area contributed by atoms with Crippen molar-refractivity contribution in [3.05, 3.63) is 81.9 Å². The summed E-state index contributed by atoms with van der Waals surface area (Å²) in [6.45, 7) is 0.143. The maximum absolute atomic E-state index is 13.4. The third-order valence-electron chi connectivity index (χ3n) is 3.43. The predicted molar refractivity (Wildman–Crippen MR) is 83.8 cm³/mol. The molecule has 2 N–H and O–H groups in total. The minimum absolute atomic E-state index is 0.0349. The molecule has 0 saturated heterocycles. The molecule has 1 aromatic heterocycles. The van der Waals surface area contributed by atoms with Crippen LogP contribution in [0.5, 0.6) is 0 Å². The molecule has 0 bridgehead atoms. The van der Waals surface area contributed by atoms with Gasteiger partial charge in [0.1, 0.15) is 0 Å². The number of hydrogen-bond acceptors (Lipinski definition) is 3. The molecule has 2 aromatic carbocycles. The Morgan fingerprint density at radius 3 is 2.38 bits per heavy atom. The van der Waals surface area contributed by atoms with Crippen LogP contribution in [0.15, 0.2) is 53.3 Å². The number of anilines is 1. The fraction of sp³-hybridized carbons (Fsp3) is 0.0588. The van der Waals surface area contributed by atoms with E-state index < -0.39 is 17.5 Å². The topological polar surface area (TPSA) is 60.9 Å². The highest BCUT2D eigenvalue weighted by Crippen LogP contribution is 2.21. The van der Waals surface area contributed by atoms with Crippen molar-refractivity contribution >= 4 is 5.69 Å². The maximum Gasteiger partial charge on any atom is 0.267 e. The summed E-state index contributed by atoms with van der Waals surface area (Å²) in [4.78, 5) is 11.9. The van der Waals surface area contributed by atoms with Gasteiger partial charge in [-0.15, -0.1) is 0 Å². The molecule has 1 heterocycles. The zero-order valence-electron chi connectivity index (χ0n) is 12.3. The van der Waals surface area contributed by atoms with Crippen LogP contribution in [0, 0.1) is 17.5 Å². The molecule has 3 rings (SSSR count). The van der Waals surface area contributed by atoms with Gasteiger partial charge in [0.2, 0.25) is 0 Å². The van der Waals surface area contributed by atoms with E-state index in [2.05, 4.69) is 5.10 Å². The van der Waals surface area contributed by atoms with Crippen LogP contribution in [-0.2, 0) is 6.54 Å². The highest BCUT2D eigenvalue weighted by Gasteiger charge is 2.13. The molecule has 0 saturated carbocycles. The van der Waals surface area contributed by atoms with Gasteiger partial charge in [-0.3, -0.25) is 4.79 Å². The molecule has 0 unspecified atom stereocenters. The van der Waals surface area contributed by atoms with Crippen LogP contribution in [0.2, 0.25) is 0 Å². The van der Waals surface area contributed by atoms with Gasteiger partial charge in [-0.05, 0) is 35.9 Å². The molecule has 0 fully saturated rings. The zero-order valence-corrected chi connectivity index (χ0v) is 12.3. The van der Waals surface area contributed by atoms with Crippen molar-refractivity contribution in [3.63, 3.8) is 0 Å². The molecular formula is C17H12F3N3O. The Morgan fingerprint density at radius 1 is 1.00 bits per heavy atom. The predicted octanol–water partition coefficient (Wildman–Crippen LogP) is 2.96. The van der Waals surface area contributed by atoms with E-state index in [0.29, 0.717) is 5.69 Å². The molecule has 0 radical (unpaired) electrons. The number of rotatable bonds is 3. The van der Waals surface area contributed by atoms with Crippen LogP contribution in [0.25, 0.3) is 11.3 Å².